The van der Waals surface area contributed by atoms with Crippen molar-refractivity contribution in [1.29, 1.82) is 0 Å². The lowest BCUT2D eigenvalue weighted by molar-refractivity contribution is -0.130. The van der Waals surface area contributed by atoms with E-state index < -0.39 is 0 Å². The predicted molar refractivity (Wildman–Crippen MR) is 94.1 cm³/mol. The molecule has 4 heteroatoms. The second kappa shape index (κ2) is 8.92. The molecular formula is C19H30N2O2. The highest BCUT2D eigenvalue weighted by Gasteiger charge is 2.16. The van der Waals surface area contributed by atoms with Crippen molar-refractivity contribution in [2.45, 2.75) is 46.5 Å². The lowest BCUT2D eigenvalue weighted by Gasteiger charge is -2.21. The van der Waals surface area contributed by atoms with Crippen LogP contribution in [0.2, 0.25) is 0 Å². The Morgan fingerprint density at radius 1 is 1.26 bits per heavy atom. The third-order valence-electron chi connectivity index (χ3n) is 4.25. The number of rotatable bonds is 6. The molecule has 1 aromatic rings. The number of hydrogen-bond acceptors (Lipinski definition) is 3. The molecule has 0 unspecified atom stereocenters. The molecule has 4 nitrogen and oxygen atoms in total. The van der Waals surface area contributed by atoms with Crippen LogP contribution in [0.5, 0.6) is 5.75 Å². The summed E-state index contributed by atoms with van der Waals surface area (Å²) in [5.41, 5.74) is 3.56. The summed E-state index contributed by atoms with van der Waals surface area (Å²) in [6.07, 6.45) is 3.35. The maximum absolute atomic E-state index is 12.5. The average molecular weight is 318 g/mol. The first-order valence-electron chi connectivity index (χ1n) is 8.83. The Morgan fingerprint density at radius 2 is 2.09 bits per heavy atom. The van der Waals surface area contributed by atoms with Gasteiger partial charge in [-0.3, -0.25) is 4.79 Å². The van der Waals surface area contributed by atoms with Crippen LogP contribution < -0.4 is 10.1 Å². The Labute approximate surface area is 140 Å². The Hall–Kier alpha value is -1.55. The molecule has 0 aromatic heterocycles. The highest BCUT2D eigenvalue weighted by Crippen LogP contribution is 2.27. The molecule has 1 aliphatic rings. The number of nitrogens with zero attached hydrogens (tertiary/aromatic N) is 1. The molecular weight excluding hydrogens is 288 g/mol. The minimum atomic E-state index is 0.259. The van der Waals surface area contributed by atoms with Crippen LogP contribution in [0.25, 0.3) is 0 Å². The second-order valence-electron chi connectivity index (χ2n) is 6.40. The molecule has 1 fully saturated rings. The number of aryl methyl sites for hydroxylation is 3. The topological polar surface area (TPSA) is 41.6 Å². The molecule has 0 atom stereocenters. The van der Waals surface area contributed by atoms with Gasteiger partial charge in [-0.1, -0.05) is 24.6 Å². The number of nitrogens with one attached hydrogen (secondary N) is 1. The number of carbonyl (C=O) groups excluding carboxylic acids is 1. The van der Waals surface area contributed by atoms with Crippen molar-refractivity contribution in [2.24, 2.45) is 0 Å². The fraction of sp³-hybridized carbons (Fsp3) is 0.632. The van der Waals surface area contributed by atoms with Crippen LogP contribution in [0.3, 0.4) is 0 Å². The molecule has 0 radical (unpaired) electrons. The van der Waals surface area contributed by atoms with Crippen LogP contribution in [0.4, 0.5) is 0 Å². The zero-order valence-electron chi connectivity index (χ0n) is 14.8. The zero-order valence-corrected chi connectivity index (χ0v) is 14.8. The number of carbonyl (C=O) groups is 1. The van der Waals surface area contributed by atoms with Crippen molar-refractivity contribution in [3.8, 4) is 5.75 Å². The molecule has 1 aliphatic heterocycles. The minimum absolute atomic E-state index is 0.259. The van der Waals surface area contributed by atoms with Gasteiger partial charge in [-0.2, -0.15) is 0 Å². The molecule has 1 saturated heterocycles. The highest BCUT2D eigenvalue weighted by molar-refractivity contribution is 5.76. The van der Waals surface area contributed by atoms with Crippen molar-refractivity contribution >= 4 is 5.91 Å². The third-order valence-corrected chi connectivity index (χ3v) is 4.25. The summed E-state index contributed by atoms with van der Waals surface area (Å²) in [5.74, 6) is 1.23. The molecule has 0 spiro atoms. The maximum Gasteiger partial charge on any atom is 0.222 e. The van der Waals surface area contributed by atoms with E-state index in [1.54, 1.807) is 0 Å². The first-order chi connectivity index (χ1) is 11.1. The number of ether oxygens (including phenoxy) is 1. The van der Waals surface area contributed by atoms with Crippen molar-refractivity contribution < 1.29 is 9.53 Å². The zero-order chi connectivity index (χ0) is 16.7. The van der Waals surface area contributed by atoms with Crippen LogP contribution >= 0.6 is 0 Å². The van der Waals surface area contributed by atoms with Crippen LogP contribution in [0, 0.1) is 13.8 Å². The van der Waals surface area contributed by atoms with Gasteiger partial charge in [0.25, 0.3) is 0 Å². The summed E-state index contributed by atoms with van der Waals surface area (Å²) in [6.45, 7) is 10.6. The highest BCUT2D eigenvalue weighted by atomic mass is 16.5. The van der Waals surface area contributed by atoms with Crippen molar-refractivity contribution in [3.05, 3.63) is 28.8 Å². The molecule has 128 valence electrons. The Bertz CT molecular complexity index is 520. The summed E-state index contributed by atoms with van der Waals surface area (Å²) in [7, 11) is 0. The lowest BCUT2D eigenvalue weighted by atomic mass is 10.0. The molecule has 23 heavy (non-hydrogen) atoms. The largest absolute Gasteiger partial charge is 0.493 e. The summed E-state index contributed by atoms with van der Waals surface area (Å²) in [5, 5.41) is 3.34. The van der Waals surface area contributed by atoms with E-state index in [1.165, 1.54) is 11.1 Å². The van der Waals surface area contributed by atoms with Crippen LogP contribution in [0.15, 0.2) is 12.1 Å². The van der Waals surface area contributed by atoms with E-state index in [-0.39, 0.29) is 5.91 Å². The van der Waals surface area contributed by atoms with E-state index >= 15 is 0 Å². The van der Waals surface area contributed by atoms with Gasteiger partial charge in [0.15, 0.2) is 0 Å². The number of benzene rings is 1. The average Bonchev–Trinajstić information content (AvgIpc) is 2.80. The number of hydrogen-bond donors (Lipinski definition) is 1. The predicted octanol–water partition coefficient (Wildman–Crippen LogP) is 2.85. The summed E-state index contributed by atoms with van der Waals surface area (Å²) < 4.78 is 5.93. The first-order valence-corrected chi connectivity index (χ1v) is 8.83. The Morgan fingerprint density at radius 3 is 2.87 bits per heavy atom. The quantitative estimate of drug-likeness (QED) is 0.877. The fourth-order valence-electron chi connectivity index (χ4n) is 3.13. The van der Waals surface area contributed by atoms with Crippen LogP contribution in [-0.2, 0) is 11.2 Å². The van der Waals surface area contributed by atoms with E-state index in [2.05, 4.69) is 38.2 Å². The van der Waals surface area contributed by atoms with Crippen LogP contribution in [0.1, 0.15) is 42.9 Å². The monoisotopic (exact) mass is 318 g/mol. The van der Waals surface area contributed by atoms with Gasteiger partial charge in [0.05, 0.1) is 6.61 Å². The van der Waals surface area contributed by atoms with Crippen molar-refractivity contribution in [2.75, 3.05) is 32.8 Å². The lowest BCUT2D eigenvalue weighted by Crippen LogP contribution is -2.34. The minimum Gasteiger partial charge on any atom is -0.493 e. The van der Waals surface area contributed by atoms with Gasteiger partial charge in [-0.05, 0) is 50.8 Å². The molecule has 0 saturated carbocycles. The van der Waals surface area contributed by atoms with Gasteiger partial charge in [0.2, 0.25) is 5.91 Å². The van der Waals surface area contributed by atoms with E-state index in [4.69, 9.17) is 4.74 Å². The second-order valence-corrected chi connectivity index (χ2v) is 6.40. The van der Waals surface area contributed by atoms with Gasteiger partial charge in [-0.25, -0.2) is 0 Å². The third kappa shape index (κ3) is 5.24. The van der Waals surface area contributed by atoms with Gasteiger partial charge < -0.3 is 15.0 Å². The Kier molecular flexibility index (Phi) is 6.90. The van der Waals surface area contributed by atoms with Crippen LogP contribution in [-0.4, -0.2) is 43.6 Å². The summed E-state index contributed by atoms with van der Waals surface area (Å²) >= 11 is 0. The van der Waals surface area contributed by atoms with E-state index in [1.807, 2.05) is 4.90 Å². The number of amides is 1. The van der Waals surface area contributed by atoms with Crippen molar-refractivity contribution in [3.63, 3.8) is 0 Å². The fourth-order valence-corrected chi connectivity index (χ4v) is 3.13. The Balaban J connectivity index is 2.02. The van der Waals surface area contributed by atoms with Gasteiger partial charge >= 0.3 is 0 Å². The molecule has 1 amide bonds. The maximum atomic E-state index is 12.5. The smallest absolute Gasteiger partial charge is 0.222 e. The molecule has 1 heterocycles. The molecule has 1 aromatic carbocycles. The summed E-state index contributed by atoms with van der Waals surface area (Å²) in [4.78, 5) is 14.5. The normalized spacial score (nSPS) is 15.3. The molecule has 1 N–H and O–H groups in total. The van der Waals surface area contributed by atoms with Crippen molar-refractivity contribution in [1.82, 2.24) is 10.2 Å². The molecule has 0 aliphatic carbocycles. The van der Waals surface area contributed by atoms with E-state index in [9.17, 15) is 4.79 Å². The van der Waals surface area contributed by atoms with Gasteiger partial charge in [-0.15, -0.1) is 0 Å². The standard InChI is InChI=1S/C19H30N2O2/c1-4-12-23-19-16(3)13-15(2)14-17(19)6-7-18(22)21-10-5-8-20-9-11-21/h13-14,20H,4-12H2,1-3H3. The van der Waals surface area contributed by atoms with Gasteiger partial charge in [0.1, 0.15) is 5.75 Å². The summed E-state index contributed by atoms with van der Waals surface area (Å²) in [6, 6.07) is 4.31. The van der Waals surface area contributed by atoms with E-state index in [0.717, 1.165) is 63.4 Å². The molecule has 2 rings (SSSR count). The van der Waals surface area contributed by atoms with Gasteiger partial charge in [0, 0.05) is 26.1 Å². The first kappa shape index (κ1) is 17.8. The van der Waals surface area contributed by atoms with E-state index in [0.29, 0.717) is 6.42 Å². The molecule has 0 bridgehead atoms. The SMILES string of the molecule is CCCOc1c(C)cc(C)cc1CCC(=O)N1CCCNCC1.